The lowest BCUT2D eigenvalue weighted by Gasteiger charge is -2.28. The van der Waals surface area contributed by atoms with E-state index >= 15 is 0 Å². The molecule has 1 N–H and O–H groups in total. The number of rotatable bonds is 7. The van der Waals surface area contributed by atoms with Crippen molar-refractivity contribution in [3.05, 3.63) is 119 Å². The van der Waals surface area contributed by atoms with Gasteiger partial charge in [-0.25, -0.2) is 9.48 Å². The van der Waals surface area contributed by atoms with Crippen molar-refractivity contribution in [3.8, 4) is 5.75 Å². The van der Waals surface area contributed by atoms with E-state index in [-0.39, 0.29) is 6.61 Å². The summed E-state index contributed by atoms with van der Waals surface area (Å²) < 4.78 is 13.5. The van der Waals surface area contributed by atoms with E-state index in [2.05, 4.69) is 46.6 Å². The summed E-state index contributed by atoms with van der Waals surface area (Å²) in [7, 11) is 0. The number of fused-ring (bicyclic) bond motifs is 1. The van der Waals surface area contributed by atoms with Gasteiger partial charge in [-0.1, -0.05) is 72.3 Å². The molecule has 7 nitrogen and oxygen atoms in total. The number of allylic oxidation sites excluding steroid dienone is 1. The molecule has 7 heteroatoms. The molecule has 0 aliphatic carbocycles. The zero-order valence-corrected chi connectivity index (χ0v) is 19.6. The summed E-state index contributed by atoms with van der Waals surface area (Å²) >= 11 is 0. The fourth-order valence-corrected chi connectivity index (χ4v) is 4.09. The number of esters is 1. The van der Waals surface area contributed by atoms with Crippen LogP contribution in [0.5, 0.6) is 5.75 Å². The second-order valence-electron chi connectivity index (χ2n) is 8.50. The predicted octanol–water partition coefficient (Wildman–Crippen LogP) is 5.20. The number of aryl methyl sites for hydroxylation is 1. The molecule has 0 amide bonds. The average molecular weight is 467 g/mol. The molecule has 1 aliphatic heterocycles. The fourth-order valence-electron chi connectivity index (χ4n) is 4.09. The minimum Gasteiger partial charge on any atom is -0.489 e. The molecule has 2 heterocycles. The number of anilines is 1. The fraction of sp³-hybridized carbons (Fsp3) is 0.179. The number of ether oxygens (including phenoxy) is 2. The van der Waals surface area contributed by atoms with Gasteiger partial charge in [-0.15, -0.1) is 0 Å². The number of benzene rings is 3. The van der Waals surface area contributed by atoms with Crippen molar-refractivity contribution >= 4 is 11.9 Å². The van der Waals surface area contributed by atoms with E-state index in [0.29, 0.717) is 29.6 Å². The molecule has 176 valence electrons. The number of carbonyl (C=O) groups excluding carboxylic acids is 1. The Balaban J connectivity index is 1.41. The lowest BCUT2D eigenvalue weighted by molar-refractivity contribution is -0.140. The predicted molar refractivity (Wildman–Crippen MR) is 133 cm³/mol. The maximum absolute atomic E-state index is 13.3. The van der Waals surface area contributed by atoms with Crippen molar-refractivity contribution in [2.45, 2.75) is 33.1 Å². The summed E-state index contributed by atoms with van der Waals surface area (Å²) in [6.07, 6.45) is 1.47. The molecular formula is C28H26N4O3. The molecule has 0 saturated carbocycles. The van der Waals surface area contributed by atoms with E-state index in [0.717, 1.165) is 16.7 Å². The molecule has 35 heavy (non-hydrogen) atoms. The van der Waals surface area contributed by atoms with Crippen LogP contribution < -0.4 is 10.1 Å². The number of hydrogen-bond donors (Lipinski definition) is 1. The van der Waals surface area contributed by atoms with Gasteiger partial charge in [0.15, 0.2) is 0 Å². The van der Waals surface area contributed by atoms with Crippen LogP contribution >= 0.6 is 0 Å². The third-order valence-corrected chi connectivity index (χ3v) is 5.93. The van der Waals surface area contributed by atoms with Crippen molar-refractivity contribution in [3.63, 3.8) is 0 Å². The zero-order chi connectivity index (χ0) is 24.2. The van der Waals surface area contributed by atoms with Crippen LogP contribution in [0.25, 0.3) is 0 Å². The summed E-state index contributed by atoms with van der Waals surface area (Å²) in [5, 5.41) is 7.56. The van der Waals surface area contributed by atoms with Crippen LogP contribution in [-0.4, -0.2) is 20.7 Å². The van der Waals surface area contributed by atoms with Crippen LogP contribution in [0.3, 0.4) is 0 Å². The molecule has 0 saturated heterocycles. The SMILES string of the molecule is CC1=C(C(=O)OCc2ccccc2)C(c2cccc(OCc3ccc(C)cc3)c2)n2ncnc2N1. The summed E-state index contributed by atoms with van der Waals surface area (Å²) in [5.41, 5.74) is 5.23. The highest BCUT2D eigenvalue weighted by molar-refractivity contribution is 5.92. The highest BCUT2D eigenvalue weighted by Crippen LogP contribution is 2.36. The van der Waals surface area contributed by atoms with Gasteiger partial charge in [-0.05, 0) is 42.7 Å². The Kier molecular flexibility index (Phi) is 6.30. The first kappa shape index (κ1) is 22.4. The quantitative estimate of drug-likeness (QED) is 0.377. The van der Waals surface area contributed by atoms with Crippen molar-refractivity contribution in [2.24, 2.45) is 0 Å². The first-order valence-electron chi connectivity index (χ1n) is 11.4. The van der Waals surface area contributed by atoms with Crippen LogP contribution in [0.2, 0.25) is 0 Å². The second kappa shape index (κ2) is 9.85. The highest BCUT2D eigenvalue weighted by Gasteiger charge is 2.34. The van der Waals surface area contributed by atoms with E-state index in [1.54, 1.807) is 4.68 Å². The molecule has 0 bridgehead atoms. The molecule has 0 spiro atoms. The van der Waals surface area contributed by atoms with Gasteiger partial charge < -0.3 is 14.8 Å². The Morgan fingerprint density at radius 2 is 1.71 bits per heavy atom. The number of carbonyl (C=O) groups is 1. The molecule has 4 aromatic rings. The molecule has 1 aliphatic rings. The van der Waals surface area contributed by atoms with Crippen molar-refractivity contribution in [1.82, 2.24) is 14.8 Å². The lowest BCUT2D eigenvalue weighted by atomic mass is 9.95. The van der Waals surface area contributed by atoms with Crippen molar-refractivity contribution < 1.29 is 14.3 Å². The van der Waals surface area contributed by atoms with E-state index in [4.69, 9.17) is 9.47 Å². The third-order valence-electron chi connectivity index (χ3n) is 5.93. The minimum atomic E-state index is -0.500. The van der Waals surface area contributed by atoms with Gasteiger partial charge in [0.25, 0.3) is 0 Å². The molecule has 5 rings (SSSR count). The normalized spacial score (nSPS) is 14.7. The summed E-state index contributed by atoms with van der Waals surface area (Å²) in [4.78, 5) is 17.6. The van der Waals surface area contributed by atoms with Gasteiger partial charge >= 0.3 is 5.97 Å². The van der Waals surface area contributed by atoms with Gasteiger partial charge in [-0.2, -0.15) is 10.1 Å². The molecule has 3 aromatic carbocycles. The Morgan fingerprint density at radius 3 is 2.51 bits per heavy atom. The Morgan fingerprint density at radius 1 is 0.943 bits per heavy atom. The number of hydrogen-bond acceptors (Lipinski definition) is 6. The van der Waals surface area contributed by atoms with Crippen LogP contribution in [0.1, 0.15) is 35.2 Å². The highest BCUT2D eigenvalue weighted by atomic mass is 16.5. The van der Waals surface area contributed by atoms with Crippen LogP contribution in [0, 0.1) is 6.92 Å². The van der Waals surface area contributed by atoms with Crippen LogP contribution in [-0.2, 0) is 22.7 Å². The Labute approximate surface area is 204 Å². The first-order chi connectivity index (χ1) is 17.1. The van der Waals surface area contributed by atoms with Crippen molar-refractivity contribution in [2.75, 3.05) is 5.32 Å². The molecular weight excluding hydrogens is 440 g/mol. The lowest BCUT2D eigenvalue weighted by Crippen LogP contribution is -2.29. The number of nitrogens with zero attached hydrogens (tertiary/aromatic N) is 3. The van der Waals surface area contributed by atoms with Gasteiger partial charge in [-0.3, -0.25) is 0 Å². The molecule has 0 fully saturated rings. The monoisotopic (exact) mass is 466 g/mol. The topological polar surface area (TPSA) is 78.3 Å². The maximum Gasteiger partial charge on any atom is 0.338 e. The van der Waals surface area contributed by atoms with Gasteiger partial charge in [0.1, 0.15) is 31.3 Å². The van der Waals surface area contributed by atoms with Crippen molar-refractivity contribution in [1.29, 1.82) is 0 Å². The maximum atomic E-state index is 13.3. The summed E-state index contributed by atoms with van der Waals surface area (Å²) in [6.45, 7) is 4.55. The van der Waals surface area contributed by atoms with Gasteiger partial charge in [0.05, 0.1) is 5.57 Å². The van der Waals surface area contributed by atoms with E-state index in [9.17, 15) is 4.79 Å². The van der Waals surface area contributed by atoms with E-state index < -0.39 is 12.0 Å². The standard InChI is InChI=1S/C28H26N4O3/c1-19-11-13-22(14-12-19)16-34-24-10-6-9-23(15-24)26-25(20(2)31-28-29-18-30-32(26)28)27(33)35-17-21-7-4-3-5-8-21/h3-15,18,26H,16-17H2,1-2H3,(H,29,30,31). The van der Waals surface area contributed by atoms with Gasteiger partial charge in [0, 0.05) is 5.70 Å². The zero-order valence-electron chi connectivity index (χ0n) is 19.6. The Bertz CT molecular complexity index is 1360. The summed E-state index contributed by atoms with van der Waals surface area (Å²) in [6, 6.07) is 25.1. The Hall–Kier alpha value is -4.39. The van der Waals surface area contributed by atoms with Gasteiger partial charge in [0.2, 0.25) is 5.95 Å². The van der Waals surface area contributed by atoms with E-state index in [1.165, 1.54) is 11.9 Å². The second-order valence-corrected chi connectivity index (χ2v) is 8.50. The number of aromatic nitrogens is 3. The summed E-state index contributed by atoms with van der Waals surface area (Å²) in [5.74, 6) is 0.868. The van der Waals surface area contributed by atoms with Crippen LogP contribution in [0.15, 0.2) is 96.5 Å². The minimum absolute atomic E-state index is 0.188. The number of nitrogens with one attached hydrogen (secondary N) is 1. The molecule has 0 radical (unpaired) electrons. The molecule has 1 atom stereocenters. The third kappa shape index (κ3) is 4.94. The molecule has 1 unspecified atom stereocenters. The smallest absolute Gasteiger partial charge is 0.338 e. The van der Waals surface area contributed by atoms with E-state index in [1.807, 2.05) is 61.5 Å². The first-order valence-corrected chi connectivity index (χ1v) is 11.4. The largest absolute Gasteiger partial charge is 0.489 e. The van der Waals surface area contributed by atoms with Crippen LogP contribution in [0.4, 0.5) is 5.95 Å². The average Bonchev–Trinajstić information content (AvgIpc) is 3.35. The molecule has 1 aromatic heterocycles.